The Morgan fingerprint density at radius 3 is 2.81 bits per heavy atom. The zero-order valence-electron chi connectivity index (χ0n) is 11.8. The number of aryl methyl sites for hydroxylation is 1. The Morgan fingerprint density at radius 1 is 1.19 bits per heavy atom. The summed E-state index contributed by atoms with van der Waals surface area (Å²) in [5.74, 6) is 1.48. The van der Waals surface area contributed by atoms with E-state index in [0.29, 0.717) is 5.92 Å². The van der Waals surface area contributed by atoms with Crippen molar-refractivity contribution in [2.75, 3.05) is 0 Å². The normalized spacial score (nSPS) is 17.9. The Kier molecular flexibility index (Phi) is 2.74. The Hall–Kier alpha value is -2.30. The molecule has 1 aromatic carbocycles. The molecule has 106 valence electrons. The standard InChI is InChI=1S/C16H15FN4/c1-10-6-7-21-13(8-10)20-15-14(18-9-19-16(15)21)11-2-4-12(17)5-3-11/h2-5,9-10H,6-8H2,1H3/t10-/m1/s1. The van der Waals surface area contributed by atoms with E-state index in [-0.39, 0.29) is 5.82 Å². The number of hydrogen-bond acceptors (Lipinski definition) is 3. The third kappa shape index (κ3) is 2.00. The Balaban J connectivity index is 1.92. The van der Waals surface area contributed by atoms with Crippen molar-refractivity contribution in [3.05, 3.63) is 42.2 Å². The molecule has 0 saturated carbocycles. The van der Waals surface area contributed by atoms with Crippen LogP contribution in [0.2, 0.25) is 0 Å². The van der Waals surface area contributed by atoms with Gasteiger partial charge in [-0.15, -0.1) is 0 Å². The van der Waals surface area contributed by atoms with Gasteiger partial charge in [0.05, 0.1) is 0 Å². The van der Waals surface area contributed by atoms with Crippen molar-refractivity contribution in [3.63, 3.8) is 0 Å². The number of hydrogen-bond donors (Lipinski definition) is 0. The van der Waals surface area contributed by atoms with Gasteiger partial charge in [0.25, 0.3) is 0 Å². The smallest absolute Gasteiger partial charge is 0.164 e. The second-order valence-electron chi connectivity index (χ2n) is 5.68. The fourth-order valence-electron chi connectivity index (χ4n) is 2.95. The van der Waals surface area contributed by atoms with E-state index in [1.165, 1.54) is 12.1 Å². The molecule has 0 spiro atoms. The van der Waals surface area contributed by atoms with Crippen LogP contribution in [0.1, 0.15) is 19.2 Å². The minimum absolute atomic E-state index is 0.248. The third-order valence-electron chi connectivity index (χ3n) is 4.11. The molecule has 1 aliphatic rings. The van der Waals surface area contributed by atoms with Crippen LogP contribution in [0.4, 0.5) is 4.39 Å². The Bertz CT molecular complexity index is 807. The van der Waals surface area contributed by atoms with Crippen molar-refractivity contribution in [1.29, 1.82) is 0 Å². The predicted molar refractivity (Wildman–Crippen MR) is 78.2 cm³/mol. The van der Waals surface area contributed by atoms with E-state index in [9.17, 15) is 4.39 Å². The molecular formula is C16H15FN4. The summed E-state index contributed by atoms with van der Waals surface area (Å²) in [6.45, 7) is 3.20. The van der Waals surface area contributed by atoms with Crippen LogP contribution in [0.15, 0.2) is 30.6 Å². The van der Waals surface area contributed by atoms with Gasteiger partial charge in [0.1, 0.15) is 29.2 Å². The van der Waals surface area contributed by atoms with Gasteiger partial charge >= 0.3 is 0 Å². The molecule has 3 aromatic rings. The second-order valence-corrected chi connectivity index (χ2v) is 5.68. The van der Waals surface area contributed by atoms with E-state index in [1.54, 1.807) is 18.5 Å². The average Bonchev–Trinajstić information content (AvgIpc) is 2.85. The fourth-order valence-corrected chi connectivity index (χ4v) is 2.95. The summed E-state index contributed by atoms with van der Waals surface area (Å²) in [5, 5.41) is 0. The van der Waals surface area contributed by atoms with Crippen LogP contribution in [-0.4, -0.2) is 19.5 Å². The lowest BCUT2D eigenvalue weighted by atomic mass is 10.0. The maximum atomic E-state index is 13.1. The summed E-state index contributed by atoms with van der Waals surface area (Å²) < 4.78 is 15.3. The molecule has 0 fully saturated rings. The summed E-state index contributed by atoms with van der Waals surface area (Å²) in [5.41, 5.74) is 3.33. The van der Waals surface area contributed by atoms with Crippen molar-refractivity contribution in [2.24, 2.45) is 5.92 Å². The van der Waals surface area contributed by atoms with E-state index in [2.05, 4.69) is 21.5 Å². The van der Waals surface area contributed by atoms with Crippen LogP contribution >= 0.6 is 0 Å². The molecule has 0 radical (unpaired) electrons. The lowest BCUT2D eigenvalue weighted by Crippen LogP contribution is -2.17. The van der Waals surface area contributed by atoms with Gasteiger partial charge in [-0.05, 0) is 36.6 Å². The van der Waals surface area contributed by atoms with Crippen LogP contribution in [-0.2, 0) is 13.0 Å². The van der Waals surface area contributed by atoms with E-state index >= 15 is 0 Å². The van der Waals surface area contributed by atoms with Crippen LogP contribution in [0, 0.1) is 11.7 Å². The van der Waals surface area contributed by atoms with Crippen LogP contribution in [0.25, 0.3) is 22.4 Å². The molecule has 5 heteroatoms. The summed E-state index contributed by atoms with van der Waals surface area (Å²) in [6, 6.07) is 6.36. The number of halogens is 1. The highest BCUT2D eigenvalue weighted by atomic mass is 19.1. The van der Waals surface area contributed by atoms with E-state index in [0.717, 1.165) is 47.6 Å². The number of aromatic nitrogens is 4. The lowest BCUT2D eigenvalue weighted by molar-refractivity contribution is 0.414. The average molecular weight is 282 g/mol. The quantitative estimate of drug-likeness (QED) is 0.688. The summed E-state index contributed by atoms with van der Waals surface area (Å²) >= 11 is 0. The minimum atomic E-state index is -0.248. The van der Waals surface area contributed by atoms with Gasteiger partial charge in [0, 0.05) is 18.5 Å². The monoisotopic (exact) mass is 282 g/mol. The summed E-state index contributed by atoms with van der Waals surface area (Å²) in [6.07, 6.45) is 3.68. The molecule has 0 N–H and O–H groups in total. The van der Waals surface area contributed by atoms with Crippen LogP contribution in [0.5, 0.6) is 0 Å². The number of fused-ring (bicyclic) bond motifs is 3. The number of benzene rings is 1. The molecule has 0 saturated heterocycles. The van der Waals surface area contributed by atoms with Gasteiger partial charge in [0.2, 0.25) is 0 Å². The first-order valence-electron chi connectivity index (χ1n) is 7.18. The molecular weight excluding hydrogens is 267 g/mol. The Morgan fingerprint density at radius 2 is 2.00 bits per heavy atom. The second kappa shape index (κ2) is 4.62. The molecule has 21 heavy (non-hydrogen) atoms. The van der Waals surface area contributed by atoms with E-state index < -0.39 is 0 Å². The minimum Gasteiger partial charge on any atom is -0.313 e. The predicted octanol–water partition coefficient (Wildman–Crippen LogP) is 3.21. The van der Waals surface area contributed by atoms with Crippen molar-refractivity contribution >= 4 is 11.2 Å². The first-order chi connectivity index (χ1) is 10.2. The SMILES string of the molecule is C[C@@H]1CCn2c(nc3c(-c4ccc(F)cc4)ncnc32)C1. The van der Waals surface area contributed by atoms with Gasteiger partial charge in [-0.3, -0.25) is 0 Å². The summed E-state index contributed by atoms with van der Waals surface area (Å²) in [4.78, 5) is 13.5. The van der Waals surface area contributed by atoms with Crippen molar-refractivity contribution in [3.8, 4) is 11.3 Å². The maximum absolute atomic E-state index is 13.1. The summed E-state index contributed by atoms with van der Waals surface area (Å²) in [7, 11) is 0. The number of nitrogens with zero attached hydrogens (tertiary/aromatic N) is 4. The van der Waals surface area contributed by atoms with Gasteiger partial charge in [-0.25, -0.2) is 19.3 Å². The number of imidazole rings is 1. The van der Waals surface area contributed by atoms with Gasteiger partial charge in [-0.1, -0.05) is 6.92 Å². The van der Waals surface area contributed by atoms with Crippen LogP contribution in [0.3, 0.4) is 0 Å². The lowest BCUT2D eigenvalue weighted by Gasteiger charge is -2.19. The molecule has 0 amide bonds. The molecule has 1 atom stereocenters. The van der Waals surface area contributed by atoms with E-state index in [4.69, 9.17) is 4.98 Å². The molecule has 0 aliphatic carbocycles. The number of rotatable bonds is 1. The molecule has 0 bridgehead atoms. The van der Waals surface area contributed by atoms with Crippen molar-refractivity contribution in [1.82, 2.24) is 19.5 Å². The molecule has 1 aliphatic heterocycles. The first-order valence-corrected chi connectivity index (χ1v) is 7.18. The first kappa shape index (κ1) is 12.4. The fraction of sp³-hybridized carbons (Fsp3) is 0.312. The zero-order valence-corrected chi connectivity index (χ0v) is 11.8. The highest BCUT2D eigenvalue weighted by Gasteiger charge is 2.22. The molecule has 0 unspecified atom stereocenters. The third-order valence-corrected chi connectivity index (χ3v) is 4.11. The Labute approximate surface area is 121 Å². The van der Waals surface area contributed by atoms with Gasteiger partial charge in [0.15, 0.2) is 5.65 Å². The van der Waals surface area contributed by atoms with Crippen LogP contribution < -0.4 is 0 Å². The topological polar surface area (TPSA) is 43.6 Å². The van der Waals surface area contributed by atoms with Gasteiger partial charge in [-0.2, -0.15) is 0 Å². The highest BCUT2D eigenvalue weighted by molar-refractivity contribution is 5.87. The van der Waals surface area contributed by atoms with Gasteiger partial charge < -0.3 is 4.57 Å². The largest absolute Gasteiger partial charge is 0.313 e. The zero-order chi connectivity index (χ0) is 14.4. The van der Waals surface area contributed by atoms with Crippen molar-refractivity contribution < 1.29 is 4.39 Å². The van der Waals surface area contributed by atoms with Crippen molar-refractivity contribution in [2.45, 2.75) is 26.3 Å². The highest BCUT2D eigenvalue weighted by Crippen LogP contribution is 2.29. The molecule has 3 heterocycles. The molecule has 2 aromatic heterocycles. The van der Waals surface area contributed by atoms with E-state index in [1.807, 2.05) is 0 Å². The molecule has 4 rings (SSSR count). The molecule has 4 nitrogen and oxygen atoms in total. The maximum Gasteiger partial charge on any atom is 0.164 e.